The summed E-state index contributed by atoms with van der Waals surface area (Å²) in [6.07, 6.45) is 0.542. The Morgan fingerprint density at radius 2 is 1.83 bits per heavy atom. The van der Waals surface area contributed by atoms with Crippen molar-refractivity contribution in [3.05, 3.63) is 83.4 Å². The van der Waals surface area contributed by atoms with E-state index >= 15 is 0 Å². The lowest BCUT2D eigenvalue weighted by molar-refractivity contribution is -0.122. The molecule has 11 heteroatoms. The summed E-state index contributed by atoms with van der Waals surface area (Å²) in [5, 5.41) is 10.6. The molecule has 0 spiro atoms. The van der Waals surface area contributed by atoms with Crippen LogP contribution in [0.4, 0.5) is 0 Å². The Labute approximate surface area is 240 Å². The maximum Gasteiger partial charge on any atom is 0.241 e. The molecule has 3 aromatic carbocycles. The van der Waals surface area contributed by atoms with E-state index in [0.717, 1.165) is 30.0 Å². The second-order valence-corrected chi connectivity index (χ2v) is 12.6. The van der Waals surface area contributed by atoms with Crippen molar-refractivity contribution in [1.82, 2.24) is 25.3 Å². The largest absolute Gasteiger partial charge is 0.493 e. The highest BCUT2D eigenvalue weighted by molar-refractivity contribution is 7.89. The molecular weight excluding hydrogens is 542 g/mol. The Hall–Kier alpha value is -3.80. The molecule has 4 aromatic rings. The zero-order valence-corrected chi connectivity index (χ0v) is 24.2. The molecule has 5 rings (SSSR count). The molecule has 0 saturated heterocycles. The van der Waals surface area contributed by atoms with Crippen LogP contribution in [0.1, 0.15) is 55.5 Å². The molecule has 0 saturated carbocycles. The lowest BCUT2D eigenvalue weighted by Gasteiger charge is -2.28. The topological polar surface area (TPSA) is 127 Å². The maximum absolute atomic E-state index is 13.4. The van der Waals surface area contributed by atoms with E-state index in [1.165, 1.54) is 18.2 Å². The van der Waals surface area contributed by atoms with E-state index in [1.807, 2.05) is 30.3 Å². The van der Waals surface area contributed by atoms with Crippen molar-refractivity contribution in [2.75, 3.05) is 20.2 Å². The van der Waals surface area contributed by atoms with E-state index in [1.54, 1.807) is 12.1 Å². The van der Waals surface area contributed by atoms with E-state index in [9.17, 15) is 13.2 Å². The monoisotopic (exact) mass is 577 g/mol. The first-order valence-electron chi connectivity index (χ1n) is 13.7. The SMILES string of the molecule is CC(C)CN(C)Cc1ccc2c(c1)OCCC2NC(=O)CC(NS(=O)(=O)c1ccc2nonc2c1)c1ccccc1. The molecule has 1 aromatic heterocycles. The van der Waals surface area contributed by atoms with E-state index in [4.69, 9.17) is 9.37 Å². The number of carbonyl (C=O) groups is 1. The van der Waals surface area contributed by atoms with Gasteiger partial charge < -0.3 is 15.0 Å². The second-order valence-electron chi connectivity index (χ2n) is 10.9. The smallest absolute Gasteiger partial charge is 0.241 e. The average Bonchev–Trinajstić information content (AvgIpc) is 3.41. The predicted octanol–water partition coefficient (Wildman–Crippen LogP) is 4.36. The maximum atomic E-state index is 13.4. The van der Waals surface area contributed by atoms with Crippen molar-refractivity contribution >= 4 is 27.0 Å². The summed E-state index contributed by atoms with van der Waals surface area (Å²) in [6.45, 7) is 6.68. The fourth-order valence-corrected chi connectivity index (χ4v) is 6.46. The number of hydrogen-bond acceptors (Lipinski definition) is 8. The Kier molecular flexibility index (Phi) is 8.67. The molecule has 1 aliphatic rings. The first-order chi connectivity index (χ1) is 19.7. The van der Waals surface area contributed by atoms with Gasteiger partial charge >= 0.3 is 0 Å². The van der Waals surface area contributed by atoms with Crippen LogP contribution in [0.3, 0.4) is 0 Å². The highest BCUT2D eigenvalue weighted by Crippen LogP contribution is 2.33. The highest BCUT2D eigenvalue weighted by Gasteiger charge is 2.28. The standard InChI is InChI=1S/C30H35N5O5S/c1-20(2)18-35(3)19-21-9-11-24-25(13-14-39-29(24)15-21)31-30(36)17-27(22-7-5-4-6-8-22)34-41(37,38)23-10-12-26-28(16-23)33-40-32-26/h4-12,15-16,20,25,27,34H,13-14,17-19H2,1-3H3,(H,31,36). The van der Waals surface area contributed by atoms with Crippen LogP contribution in [0.15, 0.2) is 76.3 Å². The van der Waals surface area contributed by atoms with Crippen LogP contribution in [-0.4, -0.2) is 49.7 Å². The van der Waals surface area contributed by atoms with Crippen molar-refractivity contribution < 1.29 is 22.6 Å². The average molecular weight is 578 g/mol. The number of nitrogens with one attached hydrogen (secondary N) is 2. The number of rotatable bonds is 11. The summed E-state index contributed by atoms with van der Waals surface area (Å²) in [7, 11) is -1.89. The van der Waals surface area contributed by atoms with E-state index < -0.39 is 16.1 Å². The highest BCUT2D eigenvalue weighted by atomic mass is 32.2. The molecule has 10 nitrogen and oxygen atoms in total. The molecule has 2 heterocycles. The summed E-state index contributed by atoms with van der Waals surface area (Å²) in [5.74, 6) is 1.08. The van der Waals surface area contributed by atoms with Crippen LogP contribution in [0.25, 0.3) is 11.0 Å². The first kappa shape index (κ1) is 28.7. The molecular formula is C30H35N5O5S. The van der Waals surface area contributed by atoms with Crippen LogP contribution in [0.2, 0.25) is 0 Å². The van der Waals surface area contributed by atoms with Gasteiger partial charge in [0.15, 0.2) is 0 Å². The summed E-state index contributed by atoms with van der Waals surface area (Å²) in [4.78, 5) is 15.6. The molecule has 0 aliphatic carbocycles. The van der Waals surface area contributed by atoms with Crippen LogP contribution in [0.5, 0.6) is 5.75 Å². The number of nitrogens with zero attached hydrogens (tertiary/aromatic N) is 3. The number of carbonyl (C=O) groups excluding carboxylic acids is 1. The zero-order chi connectivity index (χ0) is 29.0. The molecule has 0 bridgehead atoms. The predicted molar refractivity (Wildman–Crippen MR) is 155 cm³/mol. The molecule has 2 atom stereocenters. The van der Waals surface area contributed by atoms with Crippen molar-refractivity contribution in [2.45, 2.75) is 50.2 Å². The lowest BCUT2D eigenvalue weighted by Crippen LogP contribution is -2.36. The number of benzene rings is 3. The van der Waals surface area contributed by atoms with Crippen LogP contribution < -0.4 is 14.8 Å². The Bertz CT molecular complexity index is 1610. The fourth-order valence-electron chi connectivity index (χ4n) is 5.22. The Morgan fingerprint density at radius 3 is 2.61 bits per heavy atom. The number of fused-ring (bicyclic) bond motifs is 2. The zero-order valence-electron chi connectivity index (χ0n) is 23.4. The van der Waals surface area contributed by atoms with Gasteiger partial charge in [-0.2, -0.15) is 0 Å². The van der Waals surface area contributed by atoms with E-state index in [-0.39, 0.29) is 23.3 Å². The summed E-state index contributed by atoms with van der Waals surface area (Å²) in [5.41, 5.74) is 3.53. The van der Waals surface area contributed by atoms with Gasteiger partial charge in [0.25, 0.3) is 0 Å². The summed E-state index contributed by atoms with van der Waals surface area (Å²) < 4.78 is 40.0. The minimum atomic E-state index is -3.99. The van der Waals surface area contributed by atoms with Gasteiger partial charge in [0.1, 0.15) is 16.8 Å². The third-order valence-corrected chi connectivity index (χ3v) is 8.48. The van der Waals surface area contributed by atoms with Crippen LogP contribution in [-0.2, 0) is 21.4 Å². The van der Waals surface area contributed by atoms with Crippen molar-refractivity contribution in [2.24, 2.45) is 5.92 Å². The Balaban J connectivity index is 1.30. The normalized spacial score (nSPS) is 16.0. The van der Waals surface area contributed by atoms with E-state index in [2.05, 4.69) is 52.2 Å². The minimum Gasteiger partial charge on any atom is -0.493 e. The Morgan fingerprint density at radius 1 is 1.05 bits per heavy atom. The molecule has 41 heavy (non-hydrogen) atoms. The minimum absolute atomic E-state index is 0.00948. The van der Waals surface area contributed by atoms with Gasteiger partial charge in [-0.15, -0.1) is 0 Å². The number of sulfonamides is 1. The third kappa shape index (κ3) is 7.10. The summed E-state index contributed by atoms with van der Waals surface area (Å²) >= 11 is 0. The van der Waals surface area contributed by atoms with Crippen molar-refractivity contribution in [3.8, 4) is 5.75 Å². The van der Waals surface area contributed by atoms with Gasteiger partial charge in [0.2, 0.25) is 15.9 Å². The molecule has 0 radical (unpaired) electrons. The molecule has 1 amide bonds. The molecule has 2 unspecified atom stereocenters. The van der Waals surface area contributed by atoms with Crippen LogP contribution in [0, 0.1) is 5.92 Å². The van der Waals surface area contributed by atoms with Gasteiger partial charge in [0.05, 0.1) is 23.6 Å². The summed E-state index contributed by atoms with van der Waals surface area (Å²) in [6, 6.07) is 18.5. The quantitative estimate of drug-likeness (QED) is 0.269. The molecule has 216 valence electrons. The second kappa shape index (κ2) is 12.4. The fraction of sp³-hybridized carbons (Fsp3) is 0.367. The molecule has 2 N–H and O–H groups in total. The molecule has 0 fully saturated rings. The van der Waals surface area contributed by atoms with Crippen LogP contribution >= 0.6 is 0 Å². The third-order valence-electron chi connectivity index (χ3n) is 7.01. The van der Waals surface area contributed by atoms with Gasteiger partial charge in [-0.1, -0.05) is 56.3 Å². The van der Waals surface area contributed by atoms with Gasteiger partial charge in [-0.05, 0) is 58.7 Å². The van der Waals surface area contributed by atoms with Gasteiger partial charge in [0, 0.05) is 31.5 Å². The lowest BCUT2D eigenvalue weighted by atomic mass is 9.97. The number of ether oxygens (including phenoxy) is 1. The van der Waals surface area contributed by atoms with Crippen molar-refractivity contribution in [3.63, 3.8) is 0 Å². The first-order valence-corrected chi connectivity index (χ1v) is 15.2. The number of amides is 1. The van der Waals surface area contributed by atoms with Gasteiger partial charge in [-0.25, -0.2) is 17.8 Å². The number of hydrogen-bond donors (Lipinski definition) is 2. The van der Waals surface area contributed by atoms with Gasteiger partial charge in [-0.3, -0.25) is 4.79 Å². The number of aromatic nitrogens is 2. The molecule has 1 aliphatic heterocycles. The van der Waals surface area contributed by atoms with Crippen molar-refractivity contribution in [1.29, 1.82) is 0 Å². The van der Waals surface area contributed by atoms with E-state index in [0.29, 0.717) is 35.5 Å².